The third-order valence-electron chi connectivity index (χ3n) is 4.39. The Labute approximate surface area is 149 Å². The molecule has 0 spiro atoms. The van der Waals surface area contributed by atoms with Gasteiger partial charge in [0.1, 0.15) is 5.41 Å². The summed E-state index contributed by atoms with van der Waals surface area (Å²) in [4.78, 5) is 25.2. The highest BCUT2D eigenvalue weighted by Gasteiger charge is 2.36. The van der Waals surface area contributed by atoms with Gasteiger partial charge in [0.2, 0.25) is 11.8 Å². The van der Waals surface area contributed by atoms with Crippen LogP contribution in [0.1, 0.15) is 36.1 Å². The molecule has 4 heteroatoms. The predicted octanol–water partition coefficient (Wildman–Crippen LogP) is 3.89. The van der Waals surface area contributed by atoms with Gasteiger partial charge in [-0.15, -0.1) is 0 Å². The van der Waals surface area contributed by atoms with Crippen LogP contribution in [-0.2, 0) is 16.1 Å². The van der Waals surface area contributed by atoms with Crippen molar-refractivity contribution in [1.82, 2.24) is 5.32 Å². The first-order chi connectivity index (χ1) is 11.7. The smallest absolute Gasteiger partial charge is 0.239 e. The van der Waals surface area contributed by atoms with Gasteiger partial charge in [0.25, 0.3) is 0 Å². The highest BCUT2D eigenvalue weighted by Crippen LogP contribution is 2.24. The van der Waals surface area contributed by atoms with Crippen molar-refractivity contribution >= 4 is 17.5 Å². The normalized spacial score (nSPS) is 11.1. The van der Waals surface area contributed by atoms with E-state index in [0.29, 0.717) is 6.54 Å². The Hall–Kier alpha value is -2.62. The standard InChI is InChI=1S/C21H26N2O2/c1-14-8-6-11-17(12-14)13-22-19(24)21(4,5)20(25)23-18-15(2)9-7-10-16(18)3/h6-12H,13H2,1-5H3,(H,22,24)(H,23,25). The van der Waals surface area contributed by atoms with Gasteiger partial charge in [-0.1, -0.05) is 48.0 Å². The van der Waals surface area contributed by atoms with Crippen LogP contribution in [0.5, 0.6) is 0 Å². The third-order valence-corrected chi connectivity index (χ3v) is 4.39. The molecule has 25 heavy (non-hydrogen) atoms. The molecule has 2 aromatic rings. The first-order valence-corrected chi connectivity index (χ1v) is 8.43. The lowest BCUT2D eigenvalue weighted by molar-refractivity contribution is -0.138. The third kappa shape index (κ3) is 4.47. The molecule has 0 aliphatic heterocycles. The van der Waals surface area contributed by atoms with Gasteiger partial charge < -0.3 is 10.6 Å². The minimum absolute atomic E-state index is 0.294. The molecular weight excluding hydrogens is 312 g/mol. The Balaban J connectivity index is 2.06. The number of amides is 2. The van der Waals surface area contributed by atoms with Crippen LogP contribution in [0.4, 0.5) is 5.69 Å². The van der Waals surface area contributed by atoms with Crippen LogP contribution in [0.3, 0.4) is 0 Å². The van der Waals surface area contributed by atoms with E-state index >= 15 is 0 Å². The number of carbonyl (C=O) groups excluding carboxylic acids is 2. The number of nitrogens with one attached hydrogen (secondary N) is 2. The number of aryl methyl sites for hydroxylation is 3. The zero-order chi connectivity index (χ0) is 18.6. The van der Waals surface area contributed by atoms with Gasteiger partial charge in [-0.3, -0.25) is 9.59 Å². The second kappa shape index (κ2) is 7.51. The Morgan fingerprint density at radius 3 is 2.12 bits per heavy atom. The first-order valence-electron chi connectivity index (χ1n) is 8.43. The monoisotopic (exact) mass is 338 g/mol. The fraction of sp³-hybridized carbons (Fsp3) is 0.333. The minimum atomic E-state index is -1.17. The summed E-state index contributed by atoms with van der Waals surface area (Å²) in [5.41, 5.74) is 3.71. The maximum atomic E-state index is 12.7. The second-order valence-electron chi connectivity index (χ2n) is 7.02. The van der Waals surface area contributed by atoms with Crippen molar-refractivity contribution in [3.63, 3.8) is 0 Å². The van der Waals surface area contributed by atoms with E-state index in [1.165, 1.54) is 0 Å². The predicted molar refractivity (Wildman–Crippen MR) is 101 cm³/mol. The lowest BCUT2D eigenvalue weighted by Crippen LogP contribution is -2.45. The van der Waals surface area contributed by atoms with Crippen molar-refractivity contribution in [3.05, 3.63) is 64.7 Å². The van der Waals surface area contributed by atoms with Crippen LogP contribution in [0.2, 0.25) is 0 Å². The second-order valence-corrected chi connectivity index (χ2v) is 7.02. The van der Waals surface area contributed by atoms with Crippen LogP contribution in [0, 0.1) is 26.2 Å². The van der Waals surface area contributed by atoms with E-state index in [0.717, 1.165) is 27.9 Å². The summed E-state index contributed by atoms with van der Waals surface area (Å²) in [5, 5.41) is 5.77. The van der Waals surface area contributed by atoms with E-state index in [9.17, 15) is 9.59 Å². The molecule has 0 heterocycles. The Kier molecular flexibility index (Phi) is 5.62. The molecule has 2 rings (SSSR count). The van der Waals surface area contributed by atoms with Crippen molar-refractivity contribution in [2.45, 2.75) is 41.2 Å². The SMILES string of the molecule is Cc1cccc(CNC(=O)C(C)(C)C(=O)Nc2c(C)cccc2C)c1. The summed E-state index contributed by atoms with van der Waals surface area (Å²) in [6.07, 6.45) is 0. The quantitative estimate of drug-likeness (QED) is 0.813. The van der Waals surface area contributed by atoms with Gasteiger partial charge in [-0.2, -0.15) is 0 Å². The molecule has 4 nitrogen and oxygen atoms in total. The van der Waals surface area contributed by atoms with Crippen molar-refractivity contribution in [2.24, 2.45) is 5.41 Å². The van der Waals surface area contributed by atoms with Gasteiger partial charge in [0.05, 0.1) is 0 Å². The lowest BCUT2D eigenvalue weighted by atomic mass is 9.90. The highest BCUT2D eigenvalue weighted by atomic mass is 16.2. The molecule has 0 bridgehead atoms. The average molecular weight is 338 g/mol. The molecule has 0 atom stereocenters. The average Bonchev–Trinajstić information content (AvgIpc) is 2.55. The molecule has 0 aliphatic carbocycles. The van der Waals surface area contributed by atoms with E-state index in [1.54, 1.807) is 13.8 Å². The van der Waals surface area contributed by atoms with Gasteiger partial charge >= 0.3 is 0 Å². The van der Waals surface area contributed by atoms with Crippen LogP contribution in [0.15, 0.2) is 42.5 Å². The van der Waals surface area contributed by atoms with Crippen LogP contribution in [0.25, 0.3) is 0 Å². The molecule has 132 valence electrons. The molecular formula is C21H26N2O2. The molecule has 2 amide bonds. The molecule has 0 fully saturated rings. The number of anilines is 1. The van der Waals surface area contributed by atoms with E-state index in [1.807, 2.05) is 63.2 Å². The van der Waals surface area contributed by atoms with Crippen molar-refractivity contribution in [1.29, 1.82) is 0 Å². The summed E-state index contributed by atoms with van der Waals surface area (Å²) in [6, 6.07) is 13.8. The molecule has 0 unspecified atom stereocenters. The molecule has 0 saturated carbocycles. The van der Waals surface area contributed by atoms with Crippen LogP contribution in [-0.4, -0.2) is 11.8 Å². The maximum absolute atomic E-state index is 12.7. The number of benzene rings is 2. The van der Waals surface area contributed by atoms with E-state index in [2.05, 4.69) is 10.6 Å². The zero-order valence-corrected chi connectivity index (χ0v) is 15.6. The maximum Gasteiger partial charge on any atom is 0.239 e. The van der Waals surface area contributed by atoms with Crippen LogP contribution < -0.4 is 10.6 Å². The van der Waals surface area contributed by atoms with Crippen LogP contribution >= 0.6 is 0 Å². The molecule has 2 aromatic carbocycles. The number of rotatable bonds is 5. The summed E-state index contributed by atoms with van der Waals surface area (Å²) >= 11 is 0. The van der Waals surface area contributed by atoms with E-state index < -0.39 is 5.41 Å². The van der Waals surface area contributed by atoms with Crippen molar-refractivity contribution in [2.75, 3.05) is 5.32 Å². The fourth-order valence-corrected chi connectivity index (χ4v) is 2.61. The summed E-state index contributed by atoms with van der Waals surface area (Å²) in [6.45, 7) is 9.57. The topological polar surface area (TPSA) is 58.2 Å². The summed E-state index contributed by atoms with van der Waals surface area (Å²) in [5.74, 6) is -0.607. The number of hydrogen-bond acceptors (Lipinski definition) is 2. The number of carbonyl (C=O) groups is 2. The molecule has 0 saturated heterocycles. The summed E-state index contributed by atoms with van der Waals surface area (Å²) in [7, 11) is 0. The Morgan fingerprint density at radius 1 is 0.920 bits per heavy atom. The van der Waals surface area contributed by atoms with Gasteiger partial charge in [-0.25, -0.2) is 0 Å². The Bertz CT molecular complexity index is 774. The number of hydrogen-bond donors (Lipinski definition) is 2. The van der Waals surface area contributed by atoms with Gasteiger partial charge in [0, 0.05) is 12.2 Å². The Morgan fingerprint density at radius 2 is 1.52 bits per heavy atom. The van der Waals surface area contributed by atoms with E-state index in [4.69, 9.17) is 0 Å². The lowest BCUT2D eigenvalue weighted by Gasteiger charge is -2.24. The minimum Gasteiger partial charge on any atom is -0.351 e. The first kappa shape index (κ1) is 18.7. The number of para-hydroxylation sites is 1. The fourth-order valence-electron chi connectivity index (χ4n) is 2.61. The highest BCUT2D eigenvalue weighted by molar-refractivity contribution is 6.10. The largest absolute Gasteiger partial charge is 0.351 e. The summed E-state index contributed by atoms with van der Waals surface area (Å²) < 4.78 is 0. The molecule has 2 N–H and O–H groups in total. The van der Waals surface area contributed by atoms with Crippen molar-refractivity contribution < 1.29 is 9.59 Å². The van der Waals surface area contributed by atoms with Crippen molar-refractivity contribution in [3.8, 4) is 0 Å². The zero-order valence-electron chi connectivity index (χ0n) is 15.6. The molecule has 0 radical (unpaired) electrons. The molecule has 0 aromatic heterocycles. The van der Waals surface area contributed by atoms with Gasteiger partial charge in [0.15, 0.2) is 0 Å². The van der Waals surface area contributed by atoms with Gasteiger partial charge in [-0.05, 0) is 51.3 Å². The molecule has 0 aliphatic rings. The van der Waals surface area contributed by atoms with E-state index in [-0.39, 0.29) is 11.8 Å².